The van der Waals surface area contributed by atoms with Crippen molar-refractivity contribution in [3.8, 4) is 0 Å². The summed E-state index contributed by atoms with van der Waals surface area (Å²) in [4.78, 5) is 16.1. The quantitative estimate of drug-likeness (QED) is 0.861. The van der Waals surface area contributed by atoms with Crippen LogP contribution in [0.15, 0.2) is 42.6 Å². The molecule has 4 nitrogen and oxygen atoms in total. The molecule has 1 aromatic heterocycles. The van der Waals surface area contributed by atoms with Gasteiger partial charge in [-0.2, -0.15) is 0 Å². The van der Waals surface area contributed by atoms with Crippen LogP contribution in [0.5, 0.6) is 0 Å². The third kappa shape index (κ3) is 4.05. The first-order valence-corrected chi connectivity index (χ1v) is 6.96. The van der Waals surface area contributed by atoms with Gasteiger partial charge in [0.2, 0.25) is 0 Å². The number of aromatic nitrogens is 1. The Balaban J connectivity index is 2.02. The van der Waals surface area contributed by atoms with E-state index < -0.39 is 0 Å². The molecule has 0 aliphatic rings. The van der Waals surface area contributed by atoms with Crippen LogP contribution in [0.25, 0.3) is 0 Å². The van der Waals surface area contributed by atoms with E-state index in [0.717, 1.165) is 11.4 Å². The van der Waals surface area contributed by atoms with Gasteiger partial charge in [-0.05, 0) is 42.2 Å². The van der Waals surface area contributed by atoms with Gasteiger partial charge in [-0.3, -0.25) is 4.98 Å². The van der Waals surface area contributed by atoms with Crippen molar-refractivity contribution in [1.29, 1.82) is 0 Å². The van der Waals surface area contributed by atoms with E-state index >= 15 is 0 Å². The predicted octanol–water partition coefficient (Wildman–Crippen LogP) is 4.33. The summed E-state index contributed by atoms with van der Waals surface area (Å²) in [7, 11) is 0. The van der Waals surface area contributed by atoms with Gasteiger partial charge >= 0.3 is 6.03 Å². The van der Waals surface area contributed by atoms with E-state index in [4.69, 9.17) is 0 Å². The molecule has 2 amide bonds. The van der Waals surface area contributed by atoms with Crippen molar-refractivity contribution in [1.82, 2.24) is 4.98 Å². The minimum atomic E-state index is -0.269. The minimum absolute atomic E-state index is 0.105. The van der Waals surface area contributed by atoms with E-state index in [2.05, 4.69) is 36.4 Å². The molecule has 0 aliphatic heterocycles. The normalized spacial score (nSPS) is 11.0. The molecular weight excluding hydrogens is 262 g/mol. The molecule has 1 heterocycles. The number of carbonyl (C=O) groups excluding carboxylic acids is 1. The van der Waals surface area contributed by atoms with Gasteiger partial charge in [0.15, 0.2) is 0 Å². The van der Waals surface area contributed by atoms with Crippen LogP contribution in [-0.4, -0.2) is 11.0 Å². The zero-order valence-electron chi connectivity index (χ0n) is 12.9. The van der Waals surface area contributed by atoms with Gasteiger partial charge in [-0.1, -0.05) is 32.9 Å². The van der Waals surface area contributed by atoms with Crippen molar-refractivity contribution in [2.45, 2.75) is 33.1 Å². The fraction of sp³-hybridized carbons (Fsp3) is 0.294. The van der Waals surface area contributed by atoms with E-state index in [1.165, 1.54) is 5.56 Å². The number of carbonyl (C=O) groups is 1. The topological polar surface area (TPSA) is 54.0 Å². The first-order valence-electron chi connectivity index (χ1n) is 6.96. The molecule has 2 rings (SSSR count). The van der Waals surface area contributed by atoms with E-state index in [1.807, 2.05) is 37.3 Å². The molecule has 0 fully saturated rings. The lowest BCUT2D eigenvalue weighted by molar-refractivity contribution is 0.262. The van der Waals surface area contributed by atoms with Crippen LogP contribution in [0.2, 0.25) is 0 Å². The molecule has 0 unspecified atom stereocenters. The largest absolute Gasteiger partial charge is 0.323 e. The summed E-state index contributed by atoms with van der Waals surface area (Å²) >= 11 is 0. The van der Waals surface area contributed by atoms with Crippen molar-refractivity contribution in [3.63, 3.8) is 0 Å². The number of urea groups is 1. The lowest BCUT2D eigenvalue weighted by Crippen LogP contribution is -2.20. The molecule has 0 spiro atoms. The molecule has 0 saturated heterocycles. The molecule has 0 bridgehead atoms. The first-order chi connectivity index (χ1) is 9.86. The molecule has 21 heavy (non-hydrogen) atoms. The second-order valence-corrected chi connectivity index (χ2v) is 6.04. The number of aryl methyl sites for hydroxylation is 1. The Morgan fingerprint density at radius 1 is 1.05 bits per heavy atom. The Bertz CT molecular complexity index is 627. The smallest absolute Gasteiger partial charge is 0.308 e. The fourth-order valence-electron chi connectivity index (χ4n) is 1.95. The highest BCUT2D eigenvalue weighted by atomic mass is 16.2. The Morgan fingerprint density at radius 3 is 2.29 bits per heavy atom. The Morgan fingerprint density at radius 2 is 1.71 bits per heavy atom. The summed E-state index contributed by atoms with van der Waals surface area (Å²) < 4.78 is 0. The molecule has 0 radical (unpaired) electrons. The van der Waals surface area contributed by atoms with Crippen LogP contribution in [0.1, 0.15) is 32.0 Å². The SMILES string of the molecule is Cc1ncccc1NC(=O)Nc1ccc(C(C)(C)C)cc1. The highest BCUT2D eigenvalue weighted by Gasteiger charge is 2.13. The van der Waals surface area contributed by atoms with Crippen LogP contribution in [-0.2, 0) is 5.41 Å². The molecule has 2 N–H and O–H groups in total. The maximum absolute atomic E-state index is 12.0. The monoisotopic (exact) mass is 283 g/mol. The average molecular weight is 283 g/mol. The maximum Gasteiger partial charge on any atom is 0.323 e. The number of anilines is 2. The molecule has 0 aliphatic carbocycles. The summed E-state index contributed by atoms with van der Waals surface area (Å²) in [5.41, 5.74) is 3.60. The van der Waals surface area contributed by atoms with Crippen molar-refractivity contribution in [3.05, 3.63) is 53.9 Å². The van der Waals surface area contributed by atoms with Crippen LogP contribution in [0.4, 0.5) is 16.2 Å². The van der Waals surface area contributed by atoms with Gasteiger partial charge < -0.3 is 10.6 Å². The van der Waals surface area contributed by atoms with E-state index in [-0.39, 0.29) is 11.4 Å². The Labute approximate surface area is 125 Å². The van der Waals surface area contributed by atoms with E-state index in [0.29, 0.717) is 5.69 Å². The number of nitrogens with zero attached hydrogens (tertiary/aromatic N) is 1. The molecule has 2 aromatic rings. The van der Waals surface area contributed by atoms with Crippen LogP contribution in [0, 0.1) is 6.92 Å². The second-order valence-electron chi connectivity index (χ2n) is 6.04. The van der Waals surface area contributed by atoms with Gasteiger partial charge in [-0.15, -0.1) is 0 Å². The van der Waals surface area contributed by atoms with Gasteiger partial charge in [0, 0.05) is 11.9 Å². The summed E-state index contributed by atoms with van der Waals surface area (Å²) in [5.74, 6) is 0. The summed E-state index contributed by atoms with van der Waals surface area (Å²) in [6.07, 6.45) is 1.70. The number of rotatable bonds is 2. The molecule has 0 atom stereocenters. The highest BCUT2D eigenvalue weighted by Crippen LogP contribution is 2.23. The third-order valence-corrected chi connectivity index (χ3v) is 3.26. The average Bonchev–Trinajstić information content (AvgIpc) is 2.41. The minimum Gasteiger partial charge on any atom is -0.308 e. The third-order valence-electron chi connectivity index (χ3n) is 3.26. The van der Waals surface area contributed by atoms with Crippen molar-refractivity contribution >= 4 is 17.4 Å². The fourth-order valence-corrected chi connectivity index (χ4v) is 1.95. The van der Waals surface area contributed by atoms with Crippen molar-refractivity contribution in [2.24, 2.45) is 0 Å². The Kier molecular flexibility index (Phi) is 4.26. The number of amides is 2. The highest BCUT2D eigenvalue weighted by molar-refractivity contribution is 6.00. The first kappa shape index (κ1) is 15.0. The van der Waals surface area contributed by atoms with Crippen LogP contribution in [0.3, 0.4) is 0 Å². The summed E-state index contributed by atoms with van der Waals surface area (Å²) in [6, 6.07) is 11.2. The lowest BCUT2D eigenvalue weighted by Gasteiger charge is -2.19. The number of hydrogen-bond acceptors (Lipinski definition) is 2. The zero-order valence-corrected chi connectivity index (χ0v) is 12.9. The zero-order chi connectivity index (χ0) is 15.5. The van der Waals surface area contributed by atoms with Gasteiger partial charge in [0.05, 0.1) is 11.4 Å². The standard InChI is InChI=1S/C17H21N3O/c1-12-15(6-5-11-18-12)20-16(21)19-14-9-7-13(8-10-14)17(2,3)4/h5-11H,1-4H3,(H2,19,20,21). The molecule has 1 aromatic carbocycles. The molecular formula is C17H21N3O. The molecule has 110 valence electrons. The molecule has 4 heteroatoms. The second kappa shape index (κ2) is 5.95. The number of benzene rings is 1. The van der Waals surface area contributed by atoms with Crippen molar-refractivity contribution in [2.75, 3.05) is 10.6 Å². The van der Waals surface area contributed by atoms with Crippen molar-refractivity contribution < 1.29 is 4.79 Å². The maximum atomic E-state index is 12.0. The number of pyridine rings is 1. The van der Waals surface area contributed by atoms with Gasteiger partial charge in [0.25, 0.3) is 0 Å². The Hall–Kier alpha value is -2.36. The van der Waals surface area contributed by atoms with Gasteiger partial charge in [0.1, 0.15) is 0 Å². The van der Waals surface area contributed by atoms with Crippen LogP contribution < -0.4 is 10.6 Å². The number of nitrogens with one attached hydrogen (secondary N) is 2. The molecule has 0 saturated carbocycles. The predicted molar refractivity (Wildman–Crippen MR) is 86.8 cm³/mol. The lowest BCUT2D eigenvalue weighted by atomic mass is 9.87. The van der Waals surface area contributed by atoms with E-state index in [9.17, 15) is 4.79 Å². The van der Waals surface area contributed by atoms with Crippen LogP contribution >= 0.6 is 0 Å². The number of hydrogen-bond donors (Lipinski definition) is 2. The summed E-state index contributed by atoms with van der Waals surface area (Å²) in [5, 5.41) is 5.61. The summed E-state index contributed by atoms with van der Waals surface area (Å²) in [6.45, 7) is 8.34. The van der Waals surface area contributed by atoms with E-state index in [1.54, 1.807) is 12.3 Å². The van der Waals surface area contributed by atoms with Gasteiger partial charge in [-0.25, -0.2) is 4.79 Å².